The predicted molar refractivity (Wildman–Crippen MR) is 136 cm³/mol. The van der Waals surface area contributed by atoms with E-state index in [9.17, 15) is 14.0 Å². The Labute approximate surface area is 205 Å². The van der Waals surface area contributed by atoms with E-state index in [4.69, 9.17) is 21.7 Å². The molecule has 0 aromatic heterocycles. The first kappa shape index (κ1) is 23.5. The number of amides is 2. The molecule has 0 saturated carbocycles. The van der Waals surface area contributed by atoms with Gasteiger partial charge < -0.3 is 14.8 Å². The van der Waals surface area contributed by atoms with Crippen molar-refractivity contribution in [2.45, 2.75) is 0 Å². The highest BCUT2D eigenvalue weighted by Gasteiger charge is 2.33. The molecule has 1 N–H and O–H groups in total. The summed E-state index contributed by atoms with van der Waals surface area (Å²) in [5, 5.41) is 2.75. The molecule has 0 radical (unpaired) electrons. The second-order valence-electron chi connectivity index (χ2n) is 7.13. The van der Waals surface area contributed by atoms with Crippen molar-refractivity contribution in [1.29, 1.82) is 0 Å². The van der Waals surface area contributed by atoms with Crippen LogP contribution in [-0.2, 0) is 9.59 Å². The quantitative estimate of drug-likeness (QED) is 0.357. The topological polar surface area (TPSA) is 67.9 Å². The average Bonchev–Trinajstić information content (AvgIpc) is 3.12. The Bertz CT molecular complexity index is 1240. The molecule has 1 saturated heterocycles. The van der Waals surface area contributed by atoms with Crippen LogP contribution in [-0.4, -0.2) is 29.9 Å². The monoisotopic (exact) mass is 494 g/mol. The zero-order valence-electron chi connectivity index (χ0n) is 18.0. The van der Waals surface area contributed by atoms with Crippen LogP contribution in [0.3, 0.4) is 0 Å². The number of carbonyl (C=O) groups excluding carboxylic acids is 2. The van der Waals surface area contributed by atoms with E-state index >= 15 is 0 Å². The van der Waals surface area contributed by atoms with Crippen LogP contribution in [0, 0.1) is 5.82 Å². The third-order valence-electron chi connectivity index (χ3n) is 4.80. The van der Waals surface area contributed by atoms with Crippen molar-refractivity contribution in [2.75, 3.05) is 23.9 Å². The zero-order valence-corrected chi connectivity index (χ0v) is 19.6. The molecular weight excluding hydrogens is 475 g/mol. The molecule has 3 aromatic rings. The third kappa shape index (κ3) is 5.62. The number of halogens is 1. The van der Waals surface area contributed by atoms with E-state index in [2.05, 4.69) is 5.32 Å². The molecule has 34 heavy (non-hydrogen) atoms. The molecule has 1 aliphatic rings. The summed E-state index contributed by atoms with van der Waals surface area (Å²) in [6.07, 6.45) is 1.73. The molecule has 1 fully saturated rings. The van der Waals surface area contributed by atoms with Gasteiger partial charge in [-0.1, -0.05) is 36.1 Å². The first-order valence-electron chi connectivity index (χ1n) is 10.1. The maximum atomic E-state index is 13.2. The smallest absolute Gasteiger partial charge is 0.270 e. The summed E-state index contributed by atoms with van der Waals surface area (Å²) in [5.74, 6) is 0.272. The minimum absolute atomic E-state index is 0.151. The number of nitrogens with zero attached hydrogens (tertiary/aromatic N) is 1. The van der Waals surface area contributed by atoms with Crippen LogP contribution >= 0.6 is 24.0 Å². The Hall–Kier alpha value is -3.69. The van der Waals surface area contributed by atoms with Crippen LogP contribution < -0.4 is 19.7 Å². The molecule has 172 valence electrons. The highest BCUT2D eigenvalue weighted by atomic mass is 32.2. The summed E-state index contributed by atoms with van der Waals surface area (Å²) >= 11 is 6.51. The number of hydrogen-bond acceptors (Lipinski definition) is 6. The summed E-state index contributed by atoms with van der Waals surface area (Å²) < 4.78 is 24.2. The van der Waals surface area contributed by atoms with Gasteiger partial charge in [0.1, 0.15) is 17.3 Å². The first-order valence-corrected chi connectivity index (χ1v) is 11.4. The molecule has 0 aliphatic carbocycles. The minimum atomic E-state index is -0.384. The normalized spacial score (nSPS) is 14.4. The van der Waals surface area contributed by atoms with Gasteiger partial charge >= 0.3 is 0 Å². The van der Waals surface area contributed by atoms with E-state index in [1.807, 2.05) is 0 Å². The van der Waals surface area contributed by atoms with Crippen molar-refractivity contribution < 1.29 is 23.5 Å². The van der Waals surface area contributed by atoms with Gasteiger partial charge in [-0.15, -0.1) is 0 Å². The third-order valence-corrected chi connectivity index (χ3v) is 6.10. The lowest BCUT2D eigenvalue weighted by molar-refractivity contribution is -0.118. The minimum Gasteiger partial charge on any atom is -0.497 e. The number of methoxy groups -OCH3 is 1. The van der Waals surface area contributed by atoms with E-state index in [1.54, 1.807) is 61.7 Å². The van der Waals surface area contributed by atoms with Crippen LogP contribution in [0.15, 0.2) is 77.7 Å². The van der Waals surface area contributed by atoms with Gasteiger partial charge in [0.2, 0.25) is 0 Å². The standard InChI is InChI=1S/C25H19FN2O4S2/c1-31-20-12-6-18(7-13-20)27-23(29)15-32-21-10-2-16(3-11-21)14-22-24(30)28(25(33)34-22)19-8-4-17(26)5-9-19/h2-14H,15H2,1H3,(H,27,29)/b22-14-. The van der Waals surface area contributed by atoms with E-state index in [1.165, 1.54) is 40.9 Å². The number of rotatable bonds is 7. The highest BCUT2D eigenvalue weighted by molar-refractivity contribution is 8.27. The summed E-state index contributed by atoms with van der Waals surface area (Å²) in [6.45, 7) is -0.151. The molecule has 3 aromatic carbocycles. The SMILES string of the molecule is COc1ccc(NC(=O)COc2ccc(/C=C3\SC(=S)N(c4ccc(F)cc4)C3=O)cc2)cc1. The molecule has 1 aliphatic heterocycles. The molecule has 2 amide bonds. The Morgan fingerprint density at radius 3 is 2.32 bits per heavy atom. The highest BCUT2D eigenvalue weighted by Crippen LogP contribution is 2.36. The lowest BCUT2D eigenvalue weighted by Gasteiger charge is -2.14. The number of benzene rings is 3. The van der Waals surface area contributed by atoms with E-state index in [0.29, 0.717) is 32.1 Å². The Morgan fingerprint density at radius 1 is 1.03 bits per heavy atom. The number of ether oxygens (including phenoxy) is 2. The van der Waals surface area contributed by atoms with Gasteiger partial charge in [-0.3, -0.25) is 14.5 Å². The fraction of sp³-hybridized carbons (Fsp3) is 0.0800. The molecule has 1 heterocycles. The van der Waals surface area contributed by atoms with Gasteiger partial charge in [-0.05, 0) is 72.3 Å². The van der Waals surface area contributed by atoms with Gasteiger partial charge in [0, 0.05) is 5.69 Å². The molecule has 9 heteroatoms. The second-order valence-corrected chi connectivity index (χ2v) is 8.80. The van der Waals surface area contributed by atoms with Crippen molar-refractivity contribution in [2.24, 2.45) is 0 Å². The summed E-state index contributed by atoms with van der Waals surface area (Å²) in [6, 6.07) is 19.6. The van der Waals surface area contributed by atoms with Crippen LogP contribution in [0.4, 0.5) is 15.8 Å². The van der Waals surface area contributed by atoms with Crippen molar-refractivity contribution >= 4 is 57.6 Å². The van der Waals surface area contributed by atoms with Crippen LogP contribution in [0.2, 0.25) is 0 Å². The van der Waals surface area contributed by atoms with E-state index in [-0.39, 0.29) is 24.2 Å². The van der Waals surface area contributed by atoms with Gasteiger partial charge in [0.15, 0.2) is 10.9 Å². The summed E-state index contributed by atoms with van der Waals surface area (Å²) in [7, 11) is 1.57. The van der Waals surface area contributed by atoms with Crippen LogP contribution in [0.5, 0.6) is 11.5 Å². The van der Waals surface area contributed by atoms with Crippen molar-refractivity contribution in [3.63, 3.8) is 0 Å². The van der Waals surface area contributed by atoms with E-state index < -0.39 is 0 Å². The average molecular weight is 495 g/mol. The summed E-state index contributed by atoms with van der Waals surface area (Å²) in [4.78, 5) is 26.8. The second kappa shape index (κ2) is 10.5. The van der Waals surface area contributed by atoms with Gasteiger partial charge in [-0.25, -0.2) is 4.39 Å². The van der Waals surface area contributed by atoms with Crippen molar-refractivity contribution in [3.05, 3.63) is 89.1 Å². The zero-order chi connectivity index (χ0) is 24.1. The lowest BCUT2D eigenvalue weighted by atomic mass is 10.2. The fourth-order valence-corrected chi connectivity index (χ4v) is 4.41. The maximum Gasteiger partial charge on any atom is 0.270 e. The van der Waals surface area contributed by atoms with Crippen molar-refractivity contribution in [3.8, 4) is 11.5 Å². The lowest BCUT2D eigenvalue weighted by Crippen LogP contribution is -2.27. The fourth-order valence-electron chi connectivity index (χ4n) is 3.11. The molecule has 0 atom stereocenters. The molecule has 6 nitrogen and oxygen atoms in total. The first-order chi connectivity index (χ1) is 16.4. The molecular formula is C25H19FN2O4S2. The van der Waals surface area contributed by atoms with Gasteiger partial charge in [-0.2, -0.15) is 0 Å². The van der Waals surface area contributed by atoms with Gasteiger partial charge in [0.05, 0.1) is 17.7 Å². The van der Waals surface area contributed by atoms with Gasteiger partial charge in [0.25, 0.3) is 11.8 Å². The Morgan fingerprint density at radius 2 is 1.68 bits per heavy atom. The number of carbonyl (C=O) groups is 2. The number of nitrogens with one attached hydrogen (secondary N) is 1. The molecule has 0 unspecified atom stereocenters. The largest absolute Gasteiger partial charge is 0.497 e. The molecule has 0 bridgehead atoms. The number of thiocarbonyl (C=S) groups is 1. The van der Waals surface area contributed by atoms with Crippen molar-refractivity contribution in [1.82, 2.24) is 0 Å². The Kier molecular flexibility index (Phi) is 7.24. The number of hydrogen-bond donors (Lipinski definition) is 1. The number of anilines is 2. The molecule has 0 spiro atoms. The van der Waals surface area contributed by atoms with Crippen LogP contribution in [0.25, 0.3) is 6.08 Å². The predicted octanol–water partition coefficient (Wildman–Crippen LogP) is 5.26. The van der Waals surface area contributed by atoms with Crippen LogP contribution in [0.1, 0.15) is 5.56 Å². The number of thioether (sulfide) groups is 1. The Balaban J connectivity index is 1.35. The maximum absolute atomic E-state index is 13.2. The summed E-state index contributed by atoms with van der Waals surface area (Å²) in [5.41, 5.74) is 1.93. The molecule has 4 rings (SSSR count). The van der Waals surface area contributed by atoms with E-state index in [0.717, 1.165) is 5.56 Å².